The van der Waals surface area contributed by atoms with Gasteiger partial charge in [-0.1, -0.05) is 0 Å². The minimum atomic E-state index is 0.265. The van der Waals surface area contributed by atoms with Crippen molar-refractivity contribution < 1.29 is 0 Å². The number of anilines is 1. The normalized spacial score (nSPS) is 12.4. The molecule has 2 aromatic rings. The van der Waals surface area contributed by atoms with Crippen molar-refractivity contribution >= 4 is 21.7 Å². The van der Waals surface area contributed by atoms with Crippen molar-refractivity contribution in [1.29, 1.82) is 0 Å². The fraction of sp³-hybridized carbons (Fsp3) is 0.333. The second-order valence-electron chi connectivity index (χ2n) is 4.12. The highest BCUT2D eigenvalue weighted by Crippen LogP contribution is 2.21. The van der Waals surface area contributed by atoms with Crippen LogP contribution in [0, 0.1) is 6.92 Å². The lowest BCUT2D eigenvalue weighted by atomic mass is 10.3. The SMILES string of the molecule is Cc1cnc(NC(C)Cn2cccn2)c(Br)c1. The van der Waals surface area contributed by atoms with Gasteiger partial charge in [0.15, 0.2) is 0 Å². The van der Waals surface area contributed by atoms with Crippen molar-refractivity contribution in [2.45, 2.75) is 26.4 Å². The molecule has 0 bridgehead atoms. The largest absolute Gasteiger partial charge is 0.365 e. The third-order valence-corrected chi connectivity index (χ3v) is 2.99. The molecule has 0 saturated carbocycles. The number of aryl methyl sites for hydroxylation is 1. The van der Waals surface area contributed by atoms with Gasteiger partial charge in [-0.15, -0.1) is 0 Å². The lowest BCUT2D eigenvalue weighted by molar-refractivity contribution is 0.559. The van der Waals surface area contributed by atoms with Gasteiger partial charge in [-0.2, -0.15) is 5.10 Å². The molecule has 0 amide bonds. The molecular formula is C12H15BrN4. The zero-order valence-electron chi connectivity index (χ0n) is 9.89. The summed E-state index contributed by atoms with van der Waals surface area (Å²) in [7, 11) is 0. The summed E-state index contributed by atoms with van der Waals surface area (Å²) in [6, 6.07) is 4.24. The van der Waals surface area contributed by atoms with Crippen LogP contribution in [0.2, 0.25) is 0 Å². The third-order valence-electron chi connectivity index (χ3n) is 2.38. The second-order valence-corrected chi connectivity index (χ2v) is 4.97. The summed E-state index contributed by atoms with van der Waals surface area (Å²) in [6.07, 6.45) is 5.59. The Morgan fingerprint density at radius 1 is 1.53 bits per heavy atom. The maximum absolute atomic E-state index is 4.36. The first-order valence-electron chi connectivity index (χ1n) is 5.51. The first kappa shape index (κ1) is 12.1. The molecule has 1 atom stereocenters. The first-order chi connectivity index (χ1) is 8.15. The molecule has 2 aromatic heterocycles. The first-order valence-corrected chi connectivity index (χ1v) is 6.30. The van der Waals surface area contributed by atoms with E-state index in [2.05, 4.69) is 44.3 Å². The summed E-state index contributed by atoms with van der Waals surface area (Å²) in [4.78, 5) is 4.36. The average Bonchev–Trinajstić information content (AvgIpc) is 2.75. The maximum Gasteiger partial charge on any atom is 0.140 e. The molecule has 0 aliphatic rings. The van der Waals surface area contributed by atoms with Crippen LogP contribution < -0.4 is 5.32 Å². The predicted octanol–water partition coefficient (Wildman–Crippen LogP) is 2.85. The van der Waals surface area contributed by atoms with Crippen LogP contribution >= 0.6 is 15.9 Å². The van der Waals surface area contributed by atoms with Crippen molar-refractivity contribution in [2.24, 2.45) is 0 Å². The third kappa shape index (κ3) is 3.30. The molecular weight excluding hydrogens is 280 g/mol. The van der Waals surface area contributed by atoms with E-state index >= 15 is 0 Å². The highest BCUT2D eigenvalue weighted by Gasteiger charge is 2.07. The molecule has 17 heavy (non-hydrogen) atoms. The van der Waals surface area contributed by atoms with E-state index in [1.165, 1.54) is 0 Å². The Morgan fingerprint density at radius 2 is 2.35 bits per heavy atom. The molecule has 0 aromatic carbocycles. The van der Waals surface area contributed by atoms with Gasteiger partial charge >= 0.3 is 0 Å². The van der Waals surface area contributed by atoms with Gasteiger partial charge in [0.05, 0.1) is 11.0 Å². The van der Waals surface area contributed by atoms with E-state index in [9.17, 15) is 0 Å². The van der Waals surface area contributed by atoms with Gasteiger partial charge in [0.2, 0.25) is 0 Å². The zero-order valence-corrected chi connectivity index (χ0v) is 11.5. The smallest absolute Gasteiger partial charge is 0.140 e. The Labute approximate surface area is 109 Å². The fourth-order valence-electron chi connectivity index (χ4n) is 1.61. The van der Waals surface area contributed by atoms with Crippen molar-refractivity contribution in [3.8, 4) is 0 Å². The van der Waals surface area contributed by atoms with Gasteiger partial charge in [0, 0.05) is 24.6 Å². The minimum Gasteiger partial charge on any atom is -0.365 e. The van der Waals surface area contributed by atoms with Gasteiger partial charge in [-0.05, 0) is 47.5 Å². The summed E-state index contributed by atoms with van der Waals surface area (Å²) in [6.45, 7) is 4.94. The molecule has 2 heterocycles. The van der Waals surface area contributed by atoms with Crippen molar-refractivity contribution in [2.75, 3.05) is 5.32 Å². The van der Waals surface area contributed by atoms with Gasteiger partial charge in [0.1, 0.15) is 5.82 Å². The molecule has 0 aliphatic heterocycles. The molecule has 90 valence electrons. The molecule has 5 heteroatoms. The fourth-order valence-corrected chi connectivity index (χ4v) is 2.19. The van der Waals surface area contributed by atoms with Gasteiger partial charge in [-0.3, -0.25) is 4.68 Å². The van der Waals surface area contributed by atoms with E-state index in [1.807, 2.05) is 30.1 Å². The number of halogens is 1. The summed E-state index contributed by atoms with van der Waals surface area (Å²) < 4.78 is 2.89. The Kier molecular flexibility index (Phi) is 3.78. The van der Waals surface area contributed by atoms with E-state index in [0.29, 0.717) is 0 Å². The molecule has 2 rings (SSSR count). The number of aromatic nitrogens is 3. The van der Waals surface area contributed by atoms with Crippen molar-refractivity contribution in [1.82, 2.24) is 14.8 Å². The number of hydrogen-bond donors (Lipinski definition) is 1. The Balaban J connectivity index is 2.00. The highest BCUT2D eigenvalue weighted by molar-refractivity contribution is 9.10. The van der Waals surface area contributed by atoms with Crippen molar-refractivity contribution in [3.63, 3.8) is 0 Å². The number of rotatable bonds is 4. The van der Waals surface area contributed by atoms with E-state index in [-0.39, 0.29) is 6.04 Å². The van der Waals surface area contributed by atoms with Gasteiger partial charge in [-0.25, -0.2) is 4.98 Å². The molecule has 0 aliphatic carbocycles. The van der Waals surface area contributed by atoms with Crippen LogP contribution in [0.3, 0.4) is 0 Å². The molecule has 0 fully saturated rings. The van der Waals surface area contributed by atoms with E-state index in [1.54, 1.807) is 6.20 Å². The Morgan fingerprint density at radius 3 is 3.00 bits per heavy atom. The monoisotopic (exact) mass is 294 g/mol. The van der Waals surface area contributed by atoms with Gasteiger partial charge in [0.25, 0.3) is 0 Å². The number of pyridine rings is 1. The van der Waals surface area contributed by atoms with E-state index < -0.39 is 0 Å². The molecule has 4 nitrogen and oxygen atoms in total. The lowest BCUT2D eigenvalue weighted by Gasteiger charge is -2.15. The summed E-state index contributed by atoms with van der Waals surface area (Å²) in [5.41, 5.74) is 1.14. The molecule has 1 unspecified atom stereocenters. The molecule has 0 radical (unpaired) electrons. The van der Waals surface area contributed by atoms with Crippen LogP contribution in [0.5, 0.6) is 0 Å². The van der Waals surface area contributed by atoms with Crippen LogP contribution in [0.1, 0.15) is 12.5 Å². The second kappa shape index (κ2) is 5.31. The minimum absolute atomic E-state index is 0.265. The maximum atomic E-state index is 4.36. The number of hydrogen-bond acceptors (Lipinski definition) is 3. The van der Waals surface area contributed by atoms with E-state index in [4.69, 9.17) is 0 Å². The van der Waals surface area contributed by atoms with Crippen LogP contribution in [0.15, 0.2) is 35.2 Å². The van der Waals surface area contributed by atoms with Crippen molar-refractivity contribution in [3.05, 3.63) is 40.8 Å². The number of nitrogens with zero attached hydrogens (tertiary/aromatic N) is 3. The highest BCUT2D eigenvalue weighted by atomic mass is 79.9. The summed E-state index contributed by atoms with van der Waals surface area (Å²) in [5.74, 6) is 0.871. The topological polar surface area (TPSA) is 42.7 Å². The van der Waals surface area contributed by atoms with Crippen LogP contribution in [0.4, 0.5) is 5.82 Å². The average molecular weight is 295 g/mol. The molecule has 1 N–H and O–H groups in total. The van der Waals surface area contributed by atoms with Crippen LogP contribution in [0.25, 0.3) is 0 Å². The van der Waals surface area contributed by atoms with Gasteiger partial charge < -0.3 is 5.32 Å². The molecule has 0 saturated heterocycles. The summed E-state index contributed by atoms with van der Waals surface area (Å²) in [5, 5.41) is 7.54. The number of nitrogens with one attached hydrogen (secondary N) is 1. The van der Waals surface area contributed by atoms with Crippen LogP contribution in [-0.4, -0.2) is 20.8 Å². The lowest BCUT2D eigenvalue weighted by Crippen LogP contribution is -2.23. The Hall–Kier alpha value is -1.36. The summed E-state index contributed by atoms with van der Waals surface area (Å²) >= 11 is 3.51. The standard InChI is InChI=1S/C12H15BrN4/c1-9-6-11(13)12(14-7-9)16-10(2)8-17-5-3-4-15-17/h3-7,10H,8H2,1-2H3,(H,14,16). The van der Waals surface area contributed by atoms with E-state index in [0.717, 1.165) is 22.4 Å². The predicted molar refractivity (Wildman–Crippen MR) is 72.0 cm³/mol. The Bertz CT molecular complexity index is 481. The quantitative estimate of drug-likeness (QED) is 0.943. The molecule has 0 spiro atoms. The van der Waals surface area contributed by atoms with Crippen LogP contribution in [-0.2, 0) is 6.54 Å². The zero-order chi connectivity index (χ0) is 12.3.